The molecule has 2 unspecified atom stereocenters. The normalized spacial score (nSPS) is 16.3. The molecule has 0 aromatic heterocycles. The van der Waals surface area contributed by atoms with E-state index in [9.17, 15) is 14.4 Å². The fraction of sp³-hybridized carbons (Fsp3) is 0.550. The molecule has 0 aliphatic heterocycles. The number of carbonyl (C=O) groups is 3. The van der Waals surface area contributed by atoms with Crippen LogP contribution in [0.15, 0.2) is 24.3 Å². The summed E-state index contributed by atoms with van der Waals surface area (Å²) in [7, 11) is 0. The molecule has 6 heteroatoms. The highest BCUT2D eigenvalue weighted by molar-refractivity contribution is 5.94. The number of amides is 3. The Labute approximate surface area is 155 Å². The Hall–Kier alpha value is -2.37. The number of benzene rings is 1. The molecule has 3 amide bonds. The first kappa shape index (κ1) is 19.9. The average molecular weight is 359 g/mol. The van der Waals surface area contributed by atoms with Crippen molar-refractivity contribution < 1.29 is 14.4 Å². The molecule has 0 spiro atoms. The summed E-state index contributed by atoms with van der Waals surface area (Å²) in [4.78, 5) is 36.1. The topological polar surface area (TPSA) is 87.3 Å². The summed E-state index contributed by atoms with van der Waals surface area (Å²) in [5.74, 6) is -0.162. The van der Waals surface area contributed by atoms with Crippen LogP contribution in [0.5, 0.6) is 0 Å². The van der Waals surface area contributed by atoms with Crippen molar-refractivity contribution >= 4 is 23.4 Å². The Balaban J connectivity index is 1.87. The van der Waals surface area contributed by atoms with Gasteiger partial charge in [0, 0.05) is 17.0 Å². The minimum atomic E-state index is -0.610. The summed E-state index contributed by atoms with van der Waals surface area (Å²) in [6.45, 7) is 8.97. The second-order valence-electron chi connectivity index (χ2n) is 8.06. The minimum absolute atomic E-state index is 0.0718. The number of hydrogen-bond acceptors (Lipinski definition) is 3. The van der Waals surface area contributed by atoms with E-state index in [2.05, 4.69) is 16.0 Å². The van der Waals surface area contributed by atoms with Gasteiger partial charge >= 0.3 is 0 Å². The number of hydrogen-bond donors (Lipinski definition) is 3. The molecule has 1 fully saturated rings. The summed E-state index contributed by atoms with van der Waals surface area (Å²) < 4.78 is 0. The van der Waals surface area contributed by atoms with Crippen LogP contribution in [0.4, 0.5) is 5.69 Å². The van der Waals surface area contributed by atoms with E-state index in [0.29, 0.717) is 0 Å². The second-order valence-corrected chi connectivity index (χ2v) is 8.06. The van der Waals surface area contributed by atoms with E-state index >= 15 is 0 Å². The van der Waals surface area contributed by atoms with E-state index in [4.69, 9.17) is 0 Å². The van der Waals surface area contributed by atoms with E-state index in [-0.39, 0.29) is 29.7 Å². The van der Waals surface area contributed by atoms with Gasteiger partial charge in [0.15, 0.2) is 0 Å². The Morgan fingerprint density at radius 3 is 2.08 bits per heavy atom. The van der Waals surface area contributed by atoms with Gasteiger partial charge in [0.1, 0.15) is 6.04 Å². The average Bonchev–Trinajstić information content (AvgIpc) is 3.39. The van der Waals surface area contributed by atoms with Crippen molar-refractivity contribution in [3.63, 3.8) is 0 Å². The molecule has 0 saturated heterocycles. The van der Waals surface area contributed by atoms with Gasteiger partial charge in [-0.3, -0.25) is 14.4 Å². The van der Waals surface area contributed by atoms with Gasteiger partial charge in [-0.2, -0.15) is 0 Å². The van der Waals surface area contributed by atoms with Crippen molar-refractivity contribution in [2.45, 2.75) is 59.5 Å². The van der Waals surface area contributed by atoms with E-state index < -0.39 is 11.5 Å². The fourth-order valence-electron chi connectivity index (χ4n) is 2.35. The minimum Gasteiger partial charge on any atom is -0.348 e. The third kappa shape index (κ3) is 5.58. The van der Waals surface area contributed by atoms with E-state index in [1.54, 1.807) is 27.7 Å². The van der Waals surface area contributed by atoms with Crippen molar-refractivity contribution in [1.29, 1.82) is 0 Å². The van der Waals surface area contributed by atoms with Crippen LogP contribution in [0, 0.1) is 11.3 Å². The van der Waals surface area contributed by atoms with Gasteiger partial charge in [0.05, 0.1) is 6.04 Å². The van der Waals surface area contributed by atoms with Crippen LogP contribution in [0.1, 0.15) is 59.1 Å². The van der Waals surface area contributed by atoms with Gasteiger partial charge < -0.3 is 16.0 Å². The zero-order valence-corrected chi connectivity index (χ0v) is 16.2. The molecular weight excluding hydrogens is 330 g/mol. The molecule has 2 atom stereocenters. The largest absolute Gasteiger partial charge is 0.348 e. The summed E-state index contributed by atoms with van der Waals surface area (Å²) in [6, 6.07) is 6.62. The molecule has 142 valence electrons. The predicted octanol–water partition coefficient (Wildman–Crippen LogP) is 2.76. The van der Waals surface area contributed by atoms with Crippen molar-refractivity contribution in [3.05, 3.63) is 29.8 Å². The molecule has 0 bridgehead atoms. The van der Waals surface area contributed by atoms with Gasteiger partial charge in [-0.15, -0.1) is 0 Å². The zero-order chi connectivity index (χ0) is 19.5. The molecule has 1 saturated carbocycles. The van der Waals surface area contributed by atoms with Crippen LogP contribution >= 0.6 is 0 Å². The Bertz CT molecular complexity index is 673. The molecular formula is C20H29N3O3. The smallest absolute Gasteiger partial charge is 0.242 e. The Morgan fingerprint density at radius 2 is 1.58 bits per heavy atom. The third-order valence-corrected chi connectivity index (χ3v) is 4.41. The highest BCUT2D eigenvalue weighted by Crippen LogP contribution is 2.30. The van der Waals surface area contributed by atoms with Crippen LogP contribution in [-0.4, -0.2) is 23.8 Å². The van der Waals surface area contributed by atoms with Gasteiger partial charge in [-0.05, 0) is 44.4 Å². The van der Waals surface area contributed by atoms with Gasteiger partial charge in [0.2, 0.25) is 17.7 Å². The maximum atomic E-state index is 12.3. The summed E-state index contributed by atoms with van der Waals surface area (Å²) >= 11 is 0. The molecule has 0 radical (unpaired) electrons. The van der Waals surface area contributed by atoms with Crippen LogP contribution < -0.4 is 16.0 Å². The van der Waals surface area contributed by atoms with Crippen LogP contribution in [-0.2, 0) is 14.4 Å². The molecule has 1 aromatic rings. The summed E-state index contributed by atoms with van der Waals surface area (Å²) in [5, 5.41) is 8.52. The van der Waals surface area contributed by atoms with Gasteiger partial charge in [0.25, 0.3) is 0 Å². The summed E-state index contributed by atoms with van der Waals surface area (Å²) in [6.07, 6.45) is 1.94. The van der Waals surface area contributed by atoms with Crippen molar-refractivity contribution in [1.82, 2.24) is 10.6 Å². The quantitative estimate of drug-likeness (QED) is 0.730. The van der Waals surface area contributed by atoms with Crippen LogP contribution in [0.3, 0.4) is 0 Å². The predicted molar refractivity (Wildman–Crippen MR) is 101 cm³/mol. The molecule has 0 heterocycles. The lowest BCUT2D eigenvalue weighted by atomic mass is 9.95. The van der Waals surface area contributed by atoms with Crippen LogP contribution in [0.25, 0.3) is 0 Å². The SMILES string of the molecule is CC(NC(=O)C(C)(C)C)C(=O)NC(C)c1ccc(NC(=O)C2CC2)cc1. The van der Waals surface area contributed by atoms with E-state index in [0.717, 1.165) is 24.1 Å². The fourth-order valence-corrected chi connectivity index (χ4v) is 2.35. The summed E-state index contributed by atoms with van der Waals surface area (Å²) in [5.41, 5.74) is 1.15. The van der Waals surface area contributed by atoms with Crippen molar-refractivity contribution in [2.24, 2.45) is 11.3 Å². The maximum absolute atomic E-state index is 12.3. The lowest BCUT2D eigenvalue weighted by Crippen LogP contribution is -2.48. The number of rotatable bonds is 6. The molecule has 2 rings (SSSR count). The molecule has 3 N–H and O–H groups in total. The monoisotopic (exact) mass is 359 g/mol. The highest BCUT2D eigenvalue weighted by atomic mass is 16.2. The molecule has 1 aromatic carbocycles. The zero-order valence-electron chi connectivity index (χ0n) is 16.2. The molecule has 6 nitrogen and oxygen atoms in total. The number of carbonyl (C=O) groups excluding carboxylic acids is 3. The molecule has 1 aliphatic rings. The van der Waals surface area contributed by atoms with Crippen molar-refractivity contribution in [2.75, 3.05) is 5.32 Å². The van der Waals surface area contributed by atoms with E-state index in [1.807, 2.05) is 31.2 Å². The first-order valence-electron chi connectivity index (χ1n) is 9.10. The van der Waals surface area contributed by atoms with Crippen LogP contribution in [0.2, 0.25) is 0 Å². The lowest BCUT2D eigenvalue weighted by Gasteiger charge is -2.23. The highest BCUT2D eigenvalue weighted by Gasteiger charge is 2.29. The number of nitrogens with one attached hydrogen (secondary N) is 3. The third-order valence-electron chi connectivity index (χ3n) is 4.41. The van der Waals surface area contributed by atoms with Crippen molar-refractivity contribution in [3.8, 4) is 0 Å². The second kappa shape index (κ2) is 7.89. The number of anilines is 1. The lowest BCUT2D eigenvalue weighted by molar-refractivity contribution is -0.133. The van der Waals surface area contributed by atoms with Gasteiger partial charge in [-0.25, -0.2) is 0 Å². The first-order chi connectivity index (χ1) is 12.1. The van der Waals surface area contributed by atoms with E-state index in [1.165, 1.54) is 0 Å². The van der Waals surface area contributed by atoms with Gasteiger partial charge in [-0.1, -0.05) is 32.9 Å². The first-order valence-corrected chi connectivity index (χ1v) is 9.10. The Morgan fingerprint density at radius 1 is 1.00 bits per heavy atom. The Kier molecular flexibility index (Phi) is 6.05. The standard InChI is InChI=1S/C20H29N3O3/c1-12(21-17(24)13(2)22-19(26)20(3,4)5)14-8-10-16(11-9-14)23-18(25)15-6-7-15/h8-13,15H,6-7H2,1-5H3,(H,21,24)(H,22,26)(H,23,25). The molecule has 1 aliphatic carbocycles. The molecule has 26 heavy (non-hydrogen) atoms. The maximum Gasteiger partial charge on any atom is 0.242 e.